The summed E-state index contributed by atoms with van der Waals surface area (Å²) in [4.78, 5) is 0. The molecule has 2 aromatic rings. The van der Waals surface area contributed by atoms with E-state index in [1.54, 1.807) is 12.1 Å². The highest BCUT2D eigenvalue weighted by Gasteiger charge is 2.26. The van der Waals surface area contributed by atoms with Gasteiger partial charge in [0.25, 0.3) is 0 Å². The molecule has 19 heavy (non-hydrogen) atoms. The highest BCUT2D eigenvalue weighted by Crippen LogP contribution is 2.45. The molecule has 0 aromatic heterocycles. The molecular formula is C16H18O3. The minimum absolute atomic E-state index is 0.0200. The lowest BCUT2D eigenvalue weighted by Crippen LogP contribution is -2.13. The third-order valence-corrected chi connectivity index (χ3v) is 2.83. The molecule has 0 bridgehead atoms. The van der Waals surface area contributed by atoms with Gasteiger partial charge >= 0.3 is 0 Å². The lowest BCUT2D eigenvalue weighted by molar-refractivity contribution is 0.381. The highest BCUT2D eigenvalue weighted by atomic mass is 16.5. The molecule has 0 atom stereocenters. The van der Waals surface area contributed by atoms with Crippen LogP contribution in [0.5, 0.6) is 23.0 Å². The number of ether oxygens (including phenoxy) is 1. The number of aromatic hydroxyl groups is 2. The minimum Gasteiger partial charge on any atom is -0.508 e. The maximum absolute atomic E-state index is 10.0. The standard InChI is InChI=1S/C16H18O3/c1-16(2,3)14-12(17)9-10-13(18)15(14)19-11-7-5-4-6-8-11/h4-10,17-18H,1-3H3. The molecule has 0 aliphatic carbocycles. The van der Waals surface area contributed by atoms with Crippen LogP contribution in [0.1, 0.15) is 26.3 Å². The van der Waals surface area contributed by atoms with Crippen molar-refractivity contribution in [1.29, 1.82) is 0 Å². The van der Waals surface area contributed by atoms with Crippen LogP contribution in [-0.4, -0.2) is 10.2 Å². The second-order valence-corrected chi connectivity index (χ2v) is 5.47. The number of rotatable bonds is 2. The molecule has 0 fully saturated rings. The third-order valence-electron chi connectivity index (χ3n) is 2.83. The van der Waals surface area contributed by atoms with Crippen LogP contribution in [0.15, 0.2) is 42.5 Å². The summed E-state index contributed by atoms with van der Waals surface area (Å²) in [6.07, 6.45) is 0. The third kappa shape index (κ3) is 2.81. The molecule has 0 aliphatic heterocycles. The van der Waals surface area contributed by atoms with Gasteiger partial charge in [-0.2, -0.15) is 0 Å². The van der Waals surface area contributed by atoms with Gasteiger partial charge in [0.2, 0.25) is 0 Å². The number of benzene rings is 2. The van der Waals surface area contributed by atoms with Gasteiger partial charge in [-0.15, -0.1) is 0 Å². The number of para-hydroxylation sites is 1. The fourth-order valence-electron chi connectivity index (χ4n) is 2.00. The van der Waals surface area contributed by atoms with Crippen LogP contribution in [0.25, 0.3) is 0 Å². The van der Waals surface area contributed by atoms with E-state index >= 15 is 0 Å². The monoisotopic (exact) mass is 258 g/mol. The van der Waals surface area contributed by atoms with E-state index in [-0.39, 0.29) is 16.9 Å². The Morgan fingerprint density at radius 3 is 2.00 bits per heavy atom. The van der Waals surface area contributed by atoms with E-state index < -0.39 is 0 Å². The van der Waals surface area contributed by atoms with Crippen molar-refractivity contribution >= 4 is 0 Å². The molecule has 0 unspecified atom stereocenters. The Bertz CT molecular complexity index is 569. The van der Waals surface area contributed by atoms with Crippen molar-refractivity contribution in [3.63, 3.8) is 0 Å². The largest absolute Gasteiger partial charge is 0.508 e. The maximum atomic E-state index is 10.0. The fourth-order valence-corrected chi connectivity index (χ4v) is 2.00. The molecule has 2 rings (SSSR count). The average molecular weight is 258 g/mol. The van der Waals surface area contributed by atoms with E-state index in [4.69, 9.17) is 4.74 Å². The lowest BCUT2D eigenvalue weighted by Gasteiger charge is -2.24. The topological polar surface area (TPSA) is 49.7 Å². The molecule has 2 aromatic carbocycles. The Hall–Kier alpha value is -2.16. The summed E-state index contributed by atoms with van der Waals surface area (Å²) in [6, 6.07) is 12.1. The Labute approximate surface area is 113 Å². The summed E-state index contributed by atoms with van der Waals surface area (Å²) in [5.41, 5.74) is 0.254. The van der Waals surface area contributed by atoms with Gasteiger partial charge in [-0.05, 0) is 29.7 Å². The molecular weight excluding hydrogens is 240 g/mol. The molecule has 0 amide bonds. The van der Waals surface area contributed by atoms with Crippen LogP contribution in [0, 0.1) is 0 Å². The van der Waals surface area contributed by atoms with Crippen molar-refractivity contribution in [2.75, 3.05) is 0 Å². The molecule has 0 radical (unpaired) electrons. The van der Waals surface area contributed by atoms with E-state index in [9.17, 15) is 10.2 Å². The van der Waals surface area contributed by atoms with Gasteiger partial charge in [-0.1, -0.05) is 39.0 Å². The summed E-state index contributed by atoms with van der Waals surface area (Å²) >= 11 is 0. The zero-order valence-electron chi connectivity index (χ0n) is 11.3. The second-order valence-electron chi connectivity index (χ2n) is 5.47. The van der Waals surface area contributed by atoms with E-state index in [1.807, 2.05) is 39.0 Å². The molecule has 100 valence electrons. The zero-order valence-corrected chi connectivity index (χ0v) is 11.3. The molecule has 0 aliphatic rings. The quantitative estimate of drug-likeness (QED) is 0.794. The number of hydrogen-bond acceptors (Lipinski definition) is 3. The first kappa shape index (κ1) is 13.3. The maximum Gasteiger partial charge on any atom is 0.176 e. The van der Waals surface area contributed by atoms with Crippen LogP contribution in [0.3, 0.4) is 0 Å². The van der Waals surface area contributed by atoms with Crippen molar-refractivity contribution in [2.24, 2.45) is 0 Å². The van der Waals surface area contributed by atoms with Crippen molar-refractivity contribution in [1.82, 2.24) is 0 Å². The summed E-state index contributed by atoms with van der Waals surface area (Å²) in [7, 11) is 0. The molecule has 0 heterocycles. The zero-order chi connectivity index (χ0) is 14.0. The van der Waals surface area contributed by atoms with Crippen LogP contribution in [0.4, 0.5) is 0 Å². The first-order chi connectivity index (χ1) is 8.89. The first-order valence-electron chi connectivity index (χ1n) is 6.18. The Morgan fingerprint density at radius 2 is 1.42 bits per heavy atom. The van der Waals surface area contributed by atoms with E-state index in [2.05, 4.69) is 0 Å². The molecule has 0 saturated carbocycles. The Kier molecular flexibility index (Phi) is 3.38. The fraction of sp³-hybridized carbons (Fsp3) is 0.250. The van der Waals surface area contributed by atoms with Crippen molar-refractivity contribution in [3.05, 3.63) is 48.0 Å². The van der Waals surface area contributed by atoms with Crippen LogP contribution in [0.2, 0.25) is 0 Å². The molecule has 3 heteroatoms. The van der Waals surface area contributed by atoms with Gasteiger partial charge in [0.1, 0.15) is 11.5 Å². The Balaban J connectivity index is 2.53. The summed E-state index contributed by atoms with van der Waals surface area (Å²) in [5.74, 6) is 1.07. The predicted octanol–water partition coefficient (Wildman–Crippen LogP) is 4.19. The number of hydrogen-bond donors (Lipinski definition) is 2. The van der Waals surface area contributed by atoms with Gasteiger partial charge in [-0.25, -0.2) is 0 Å². The van der Waals surface area contributed by atoms with E-state index in [1.165, 1.54) is 12.1 Å². The molecule has 2 N–H and O–H groups in total. The number of phenols is 2. The molecule has 0 saturated heterocycles. The highest BCUT2D eigenvalue weighted by molar-refractivity contribution is 5.57. The first-order valence-corrected chi connectivity index (χ1v) is 6.18. The van der Waals surface area contributed by atoms with E-state index in [0.717, 1.165) is 0 Å². The van der Waals surface area contributed by atoms with Crippen molar-refractivity contribution in [2.45, 2.75) is 26.2 Å². The van der Waals surface area contributed by atoms with E-state index in [0.29, 0.717) is 17.1 Å². The molecule has 3 nitrogen and oxygen atoms in total. The second kappa shape index (κ2) is 4.84. The van der Waals surface area contributed by atoms with Crippen molar-refractivity contribution < 1.29 is 14.9 Å². The van der Waals surface area contributed by atoms with Gasteiger partial charge < -0.3 is 14.9 Å². The van der Waals surface area contributed by atoms with Crippen LogP contribution in [-0.2, 0) is 5.41 Å². The van der Waals surface area contributed by atoms with Crippen LogP contribution < -0.4 is 4.74 Å². The SMILES string of the molecule is CC(C)(C)c1c(O)ccc(O)c1Oc1ccccc1. The van der Waals surface area contributed by atoms with Crippen molar-refractivity contribution in [3.8, 4) is 23.0 Å². The number of phenolic OH excluding ortho intramolecular Hbond substituents is 2. The average Bonchev–Trinajstić information content (AvgIpc) is 2.33. The lowest BCUT2D eigenvalue weighted by atomic mass is 9.85. The van der Waals surface area contributed by atoms with Crippen LogP contribution >= 0.6 is 0 Å². The summed E-state index contributed by atoms with van der Waals surface area (Å²) < 4.78 is 5.74. The summed E-state index contributed by atoms with van der Waals surface area (Å²) in [5, 5.41) is 20.0. The van der Waals surface area contributed by atoms with Gasteiger partial charge in [0.05, 0.1) is 0 Å². The normalized spacial score (nSPS) is 11.3. The van der Waals surface area contributed by atoms with Gasteiger partial charge in [-0.3, -0.25) is 0 Å². The minimum atomic E-state index is -0.340. The summed E-state index contributed by atoms with van der Waals surface area (Å²) in [6.45, 7) is 5.87. The van der Waals surface area contributed by atoms with Gasteiger partial charge in [0, 0.05) is 5.56 Å². The van der Waals surface area contributed by atoms with Gasteiger partial charge in [0.15, 0.2) is 11.5 Å². The molecule has 0 spiro atoms. The Morgan fingerprint density at radius 1 is 0.842 bits per heavy atom. The predicted molar refractivity (Wildman–Crippen MR) is 75.0 cm³/mol. The smallest absolute Gasteiger partial charge is 0.176 e.